The number of H-pyrrole nitrogens is 1. The van der Waals surface area contributed by atoms with E-state index in [-0.39, 0.29) is 17.6 Å². The maximum absolute atomic E-state index is 12.0. The predicted molar refractivity (Wildman–Crippen MR) is 152 cm³/mol. The van der Waals surface area contributed by atoms with Gasteiger partial charge in [0.1, 0.15) is 5.76 Å². The molecule has 0 bridgehead atoms. The fourth-order valence-electron chi connectivity index (χ4n) is 6.10. The number of aliphatic hydroxyl groups excluding tert-OH is 2. The van der Waals surface area contributed by atoms with Gasteiger partial charge in [-0.3, -0.25) is 4.79 Å². The standard InChI is InChI=1S/C33H36N2O3/c1-20-16-17-24-25(19-32(3,4)35-21(2)36)29(34-26(24)18-20)27(22-12-8-6-9-13-22)28-30(37)33(5,31(28)38)23-14-10-7-11-15-23/h6-18,27,30,34,37-38H,19H2,1-5H3,(H,35,36). The zero-order chi connectivity index (χ0) is 27.2. The Hall–Kier alpha value is -3.83. The van der Waals surface area contributed by atoms with Crippen LogP contribution < -0.4 is 5.32 Å². The van der Waals surface area contributed by atoms with E-state index in [2.05, 4.69) is 35.4 Å². The fourth-order valence-corrected chi connectivity index (χ4v) is 6.10. The number of aromatic amines is 1. The molecular weight excluding hydrogens is 472 g/mol. The lowest BCUT2D eigenvalue weighted by atomic mass is 9.59. The molecule has 4 N–H and O–H groups in total. The van der Waals surface area contributed by atoms with Crippen LogP contribution in [0.15, 0.2) is 90.2 Å². The Kier molecular flexibility index (Phi) is 6.44. The summed E-state index contributed by atoms with van der Waals surface area (Å²) in [5, 5.41) is 27.5. The summed E-state index contributed by atoms with van der Waals surface area (Å²) in [5.41, 5.74) is 5.18. The Morgan fingerprint density at radius 3 is 2.29 bits per heavy atom. The number of carbonyl (C=O) groups excluding carboxylic acids is 1. The molecule has 5 nitrogen and oxygen atoms in total. The highest BCUT2D eigenvalue weighted by Gasteiger charge is 2.54. The van der Waals surface area contributed by atoms with Gasteiger partial charge in [-0.15, -0.1) is 0 Å². The maximum Gasteiger partial charge on any atom is 0.217 e. The van der Waals surface area contributed by atoms with E-state index >= 15 is 0 Å². The van der Waals surface area contributed by atoms with E-state index in [0.29, 0.717) is 12.0 Å². The number of carbonyl (C=O) groups is 1. The third kappa shape index (κ3) is 4.31. The zero-order valence-electron chi connectivity index (χ0n) is 22.7. The summed E-state index contributed by atoms with van der Waals surface area (Å²) in [6, 6.07) is 26.0. The molecule has 3 atom stereocenters. The average Bonchev–Trinajstić information content (AvgIpc) is 3.22. The van der Waals surface area contributed by atoms with Crippen LogP contribution in [0.25, 0.3) is 10.9 Å². The van der Waals surface area contributed by atoms with Crippen molar-refractivity contribution in [3.8, 4) is 0 Å². The summed E-state index contributed by atoms with van der Waals surface area (Å²) >= 11 is 0. The lowest BCUT2D eigenvalue weighted by Gasteiger charge is -2.48. The summed E-state index contributed by atoms with van der Waals surface area (Å²) < 4.78 is 0. The van der Waals surface area contributed by atoms with Crippen LogP contribution in [-0.4, -0.2) is 32.7 Å². The number of rotatable bonds is 7. The fraction of sp³-hybridized carbons (Fsp3) is 0.303. The zero-order valence-corrected chi connectivity index (χ0v) is 22.7. The Balaban J connectivity index is 1.74. The van der Waals surface area contributed by atoms with E-state index in [4.69, 9.17) is 0 Å². The van der Waals surface area contributed by atoms with Gasteiger partial charge in [0.15, 0.2) is 0 Å². The molecule has 4 aromatic rings. The highest BCUT2D eigenvalue weighted by molar-refractivity contribution is 5.86. The summed E-state index contributed by atoms with van der Waals surface area (Å²) in [7, 11) is 0. The first-order chi connectivity index (χ1) is 18.0. The number of aromatic nitrogens is 1. The van der Waals surface area contributed by atoms with Crippen molar-refractivity contribution in [2.75, 3.05) is 0 Å². The Bertz CT molecular complexity index is 1520. The van der Waals surface area contributed by atoms with Crippen LogP contribution in [0.4, 0.5) is 0 Å². The third-order valence-corrected chi connectivity index (χ3v) is 7.94. The minimum atomic E-state index is -0.887. The molecule has 3 aromatic carbocycles. The number of fused-ring (bicyclic) bond motifs is 1. The van der Waals surface area contributed by atoms with Gasteiger partial charge in [-0.05, 0) is 62.4 Å². The van der Waals surface area contributed by atoms with E-state index in [9.17, 15) is 15.0 Å². The second-order valence-electron chi connectivity index (χ2n) is 11.4. The van der Waals surface area contributed by atoms with Crippen molar-refractivity contribution in [3.63, 3.8) is 0 Å². The minimum absolute atomic E-state index is 0.0831. The molecule has 1 aromatic heterocycles. The molecule has 5 heteroatoms. The molecule has 0 fully saturated rings. The first-order valence-corrected chi connectivity index (χ1v) is 13.1. The second-order valence-corrected chi connectivity index (χ2v) is 11.4. The van der Waals surface area contributed by atoms with Gasteiger partial charge < -0.3 is 20.5 Å². The van der Waals surface area contributed by atoms with Crippen molar-refractivity contribution in [2.24, 2.45) is 0 Å². The summed E-state index contributed by atoms with van der Waals surface area (Å²) in [6.45, 7) is 9.52. The second kappa shape index (κ2) is 9.48. The minimum Gasteiger partial charge on any atom is -0.511 e. The van der Waals surface area contributed by atoms with Crippen LogP contribution in [0.1, 0.15) is 61.6 Å². The third-order valence-electron chi connectivity index (χ3n) is 7.94. The van der Waals surface area contributed by atoms with Gasteiger partial charge in [-0.25, -0.2) is 0 Å². The summed E-state index contributed by atoms with van der Waals surface area (Å²) in [4.78, 5) is 15.7. The van der Waals surface area contributed by atoms with Crippen LogP contribution in [0, 0.1) is 6.92 Å². The van der Waals surface area contributed by atoms with Gasteiger partial charge in [0.25, 0.3) is 0 Å². The topological polar surface area (TPSA) is 85.3 Å². The molecule has 0 radical (unpaired) electrons. The van der Waals surface area contributed by atoms with Crippen molar-refractivity contribution in [2.45, 2.75) is 64.0 Å². The Labute approximate surface area is 224 Å². The smallest absolute Gasteiger partial charge is 0.217 e. The van der Waals surface area contributed by atoms with Crippen molar-refractivity contribution in [1.29, 1.82) is 0 Å². The quantitative estimate of drug-likeness (QED) is 0.239. The van der Waals surface area contributed by atoms with Gasteiger partial charge >= 0.3 is 0 Å². The normalized spacial score (nSPS) is 20.3. The number of nitrogens with one attached hydrogen (secondary N) is 2. The van der Waals surface area contributed by atoms with Crippen LogP contribution in [-0.2, 0) is 16.6 Å². The van der Waals surface area contributed by atoms with Gasteiger partial charge in [-0.1, -0.05) is 72.8 Å². The van der Waals surface area contributed by atoms with E-state index < -0.39 is 17.1 Å². The van der Waals surface area contributed by atoms with E-state index in [0.717, 1.165) is 38.9 Å². The number of aliphatic hydroxyl groups is 2. The van der Waals surface area contributed by atoms with E-state index in [1.54, 1.807) is 0 Å². The molecule has 1 amide bonds. The number of amides is 1. The number of hydrogen-bond acceptors (Lipinski definition) is 3. The van der Waals surface area contributed by atoms with E-state index in [1.165, 1.54) is 6.92 Å². The molecule has 0 saturated heterocycles. The molecule has 0 saturated carbocycles. The summed E-state index contributed by atoms with van der Waals surface area (Å²) in [5.74, 6) is -0.272. The molecule has 1 aliphatic carbocycles. The van der Waals surface area contributed by atoms with Crippen molar-refractivity contribution in [1.82, 2.24) is 10.3 Å². The molecule has 5 rings (SSSR count). The first-order valence-electron chi connectivity index (χ1n) is 13.1. The van der Waals surface area contributed by atoms with Gasteiger partial charge in [0, 0.05) is 34.6 Å². The van der Waals surface area contributed by atoms with Crippen LogP contribution in [0.2, 0.25) is 0 Å². The molecule has 1 heterocycles. The van der Waals surface area contributed by atoms with Crippen LogP contribution in [0.3, 0.4) is 0 Å². The number of hydrogen-bond donors (Lipinski definition) is 4. The van der Waals surface area contributed by atoms with E-state index in [1.807, 2.05) is 81.4 Å². The molecule has 0 aliphatic heterocycles. The molecule has 38 heavy (non-hydrogen) atoms. The maximum atomic E-state index is 12.0. The van der Waals surface area contributed by atoms with Crippen molar-refractivity contribution < 1.29 is 15.0 Å². The molecule has 3 unspecified atom stereocenters. The highest BCUT2D eigenvalue weighted by Crippen LogP contribution is 2.54. The molecule has 1 aliphatic rings. The van der Waals surface area contributed by atoms with Crippen molar-refractivity contribution in [3.05, 3.63) is 118 Å². The average molecular weight is 509 g/mol. The van der Waals surface area contributed by atoms with Crippen molar-refractivity contribution >= 4 is 16.8 Å². The van der Waals surface area contributed by atoms with Gasteiger partial charge in [0.2, 0.25) is 5.91 Å². The Morgan fingerprint density at radius 2 is 1.68 bits per heavy atom. The summed E-state index contributed by atoms with van der Waals surface area (Å²) in [6.07, 6.45) is -0.298. The molecule has 0 spiro atoms. The largest absolute Gasteiger partial charge is 0.511 e. The molecular formula is C33H36N2O3. The predicted octanol–water partition coefficient (Wildman–Crippen LogP) is 6.21. The highest BCUT2D eigenvalue weighted by atomic mass is 16.3. The number of benzene rings is 3. The van der Waals surface area contributed by atoms with Crippen LogP contribution in [0.5, 0.6) is 0 Å². The lowest BCUT2D eigenvalue weighted by molar-refractivity contribution is -0.120. The monoisotopic (exact) mass is 508 g/mol. The Morgan fingerprint density at radius 1 is 1.05 bits per heavy atom. The van der Waals surface area contributed by atoms with Gasteiger partial charge in [0.05, 0.1) is 17.4 Å². The van der Waals surface area contributed by atoms with Crippen LogP contribution >= 0.6 is 0 Å². The molecule has 196 valence electrons. The van der Waals surface area contributed by atoms with Gasteiger partial charge in [-0.2, -0.15) is 0 Å². The lowest BCUT2D eigenvalue weighted by Crippen LogP contribution is -2.51. The first kappa shape index (κ1) is 25.8. The number of aryl methyl sites for hydroxylation is 1. The SMILES string of the molecule is CC(=O)NC(C)(C)Cc1c(C(C2=C(O)C(C)(c3ccccc3)C2O)c2ccccc2)[nH]c2cc(C)ccc12.